The Morgan fingerprint density at radius 2 is 1.65 bits per heavy atom. The van der Waals surface area contributed by atoms with E-state index in [2.05, 4.69) is 5.32 Å². The minimum atomic E-state index is -1.45. The maximum Gasteiger partial charge on any atom is 0.300 e. The smallest absolute Gasteiger partial charge is 0.300 e. The lowest BCUT2D eigenvalue weighted by atomic mass is 9.96. The molecule has 0 aromatic heterocycles. The second-order valence-electron chi connectivity index (χ2n) is 7.90. The third-order valence-corrected chi connectivity index (χ3v) is 5.19. The fourth-order valence-electron chi connectivity index (χ4n) is 3.51. The van der Waals surface area contributed by atoms with E-state index in [9.17, 15) is 4.79 Å². The van der Waals surface area contributed by atoms with Gasteiger partial charge in [-0.2, -0.15) is 0 Å². The molecule has 37 heavy (non-hydrogen) atoms. The number of carbonyl (C=O) groups excluding carboxylic acids is 1. The number of amides is 1. The van der Waals surface area contributed by atoms with Crippen molar-refractivity contribution in [2.24, 2.45) is 11.5 Å². The molecule has 3 aromatic carbocycles. The van der Waals surface area contributed by atoms with Gasteiger partial charge in [-0.1, -0.05) is 48.5 Å². The molecule has 8 nitrogen and oxygen atoms in total. The molecular weight excluding hydrogens is 482 g/mol. The number of ether oxygens (including phenoxy) is 1. The zero-order valence-corrected chi connectivity index (χ0v) is 20.6. The third-order valence-electron chi connectivity index (χ3n) is 5.19. The Balaban J connectivity index is 0.00000112. The molecule has 0 saturated carbocycles. The highest BCUT2D eigenvalue weighted by atomic mass is 19.1. The topological polar surface area (TPSA) is 152 Å². The Bertz CT molecular complexity index is 1220. The lowest BCUT2D eigenvalue weighted by Crippen LogP contribution is -2.31. The fourth-order valence-corrected chi connectivity index (χ4v) is 3.51. The first-order valence-electron chi connectivity index (χ1n) is 11.4. The van der Waals surface area contributed by atoms with Gasteiger partial charge in [-0.05, 0) is 41.3 Å². The second kappa shape index (κ2) is 13.8. The first kappa shape index (κ1) is 29.1. The van der Waals surface area contributed by atoms with E-state index in [0.29, 0.717) is 16.7 Å². The Labute approximate surface area is 213 Å². The minimum Gasteiger partial charge on any atom is -0.481 e. The third kappa shape index (κ3) is 8.19. The van der Waals surface area contributed by atoms with Crippen molar-refractivity contribution in [2.45, 2.75) is 33.0 Å². The summed E-state index contributed by atoms with van der Waals surface area (Å²) in [5, 5.41) is 17.5. The predicted octanol–water partition coefficient (Wildman–Crippen LogP) is 3.86. The van der Waals surface area contributed by atoms with Crippen LogP contribution >= 0.6 is 0 Å². The predicted molar refractivity (Wildman–Crippen MR) is 137 cm³/mol. The van der Waals surface area contributed by atoms with E-state index in [1.54, 1.807) is 55.5 Å². The van der Waals surface area contributed by atoms with E-state index in [1.807, 2.05) is 0 Å². The number of carbonyl (C=O) groups is 2. The summed E-state index contributed by atoms with van der Waals surface area (Å²) in [6, 6.07) is 16.2. The van der Waals surface area contributed by atoms with Crippen molar-refractivity contribution in [3.8, 4) is 11.1 Å². The summed E-state index contributed by atoms with van der Waals surface area (Å²) in [6.45, 7) is 3.15. The highest BCUT2D eigenvalue weighted by Crippen LogP contribution is 2.31. The summed E-state index contributed by atoms with van der Waals surface area (Å²) in [5.74, 6) is -3.32. The highest BCUT2D eigenvalue weighted by molar-refractivity contribution is 5.94. The standard InChI is InChI=1S/C25H26F2N4O2.C2H4O2/c1-2-33-23(25(32)31-14-15-7-9-16(10-8-15)24(29)30)22-20(26)11-18(12-21(22)27)19-6-4-3-5-17(19)13-28;1-2(3)4/h3-12,23H,2,13-14,28H2,1H3,(H3,29,30)(H,31,32);1H3,(H,3,4). The van der Waals surface area contributed by atoms with Crippen LogP contribution in [0.5, 0.6) is 0 Å². The first-order chi connectivity index (χ1) is 17.6. The molecule has 10 heteroatoms. The minimum absolute atomic E-state index is 0.0644. The van der Waals surface area contributed by atoms with Gasteiger partial charge in [0.05, 0.1) is 5.56 Å². The van der Waals surface area contributed by atoms with Crippen LogP contribution in [-0.2, 0) is 27.4 Å². The summed E-state index contributed by atoms with van der Waals surface area (Å²) in [4.78, 5) is 21.8. The van der Waals surface area contributed by atoms with Crippen molar-refractivity contribution in [2.75, 3.05) is 6.61 Å². The van der Waals surface area contributed by atoms with E-state index in [-0.39, 0.29) is 25.5 Å². The number of nitrogens with two attached hydrogens (primary N) is 2. The van der Waals surface area contributed by atoms with Gasteiger partial charge in [-0.15, -0.1) is 0 Å². The SMILES string of the molecule is CC(=O)O.CCOC(C(=O)NCc1ccc(C(=N)N)cc1)c1c(F)cc(-c2ccccc2CN)cc1F. The average Bonchev–Trinajstić information content (AvgIpc) is 2.86. The number of rotatable bonds is 9. The van der Waals surface area contributed by atoms with Gasteiger partial charge in [0.2, 0.25) is 0 Å². The lowest BCUT2D eigenvalue weighted by Gasteiger charge is -2.19. The van der Waals surface area contributed by atoms with E-state index >= 15 is 8.78 Å². The molecule has 3 rings (SSSR count). The second-order valence-corrected chi connectivity index (χ2v) is 7.90. The average molecular weight is 513 g/mol. The van der Waals surface area contributed by atoms with Crippen LogP contribution in [-0.4, -0.2) is 29.4 Å². The summed E-state index contributed by atoms with van der Waals surface area (Å²) in [6.07, 6.45) is -1.45. The summed E-state index contributed by atoms with van der Waals surface area (Å²) in [7, 11) is 0. The molecule has 0 spiro atoms. The van der Waals surface area contributed by atoms with Gasteiger partial charge < -0.3 is 26.6 Å². The van der Waals surface area contributed by atoms with E-state index in [4.69, 9.17) is 31.5 Å². The molecule has 3 aromatic rings. The molecule has 196 valence electrons. The van der Waals surface area contributed by atoms with Crippen LogP contribution in [0, 0.1) is 17.0 Å². The van der Waals surface area contributed by atoms with E-state index in [0.717, 1.165) is 18.1 Å². The summed E-state index contributed by atoms with van der Waals surface area (Å²) in [5.41, 5.74) is 13.7. The Morgan fingerprint density at radius 1 is 1.08 bits per heavy atom. The zero-order valence-electron chi connectivity index (χ0n) is 20.6. The maximum absolute atomic E-state index is 15.1. The van der Waals surface area contributed by atoms with Crippen molar-refractivity contribution in [3.05, 3.63) is 94.6 Å². The van der Waals surface area contributed by atoms with Crippen molar-refractivity contribution < 1.29 is 28.2 Å². The molecular formula is C27H30F2N4O4. The van der Waals surface area contributed by atoms with Crippen LogP contribution in [0.4, 0.5) is 8.78 Å². The van der Waals surface area contributed by atoms with Gasteiger partial charge in [-0.3, -0.25) is 15.0 Å². The fraction of sp³-hybridized carbons (Fsp3) is 0.222. The van der Waals surface area contributed by atoms with Gasteiger partial charge in [0.15, 0.2) is 6.10 Å². The van der Waals surface area contributed by atoms with E-state index in [1.165, 1.54) is 12.1 Å². The van der Waals surface area contributed by atoms with Gasteiger partial charge in [0.25, 0.3) is 11.9 Å². The van der Waals surface area contributed by atoms with Crippen LogP contribution in [0.25, 0.3) is 11.1 Å². The molecule has 0 saturated heterocycles. The van der Waals surface area contributed by atoms with Crippen molar-refractivity contribution in [1.29, 1.82) is 5.41 Å². The maximum atomic E-state index is 15.1. The number of amidine groups is 1. The number of carboxylic acid groups (broad SMARTS) is 1. The Morgan fingerprint density at radius 3 is 2.16 bits per heavy atom. The van der Waals surface area contributed by atoms with Crippen molar-refractivity contribution >= 4 is 17.7 Å². The van der Waals surface area contributed by atoms with Crippen LogP contribution in [0.2, 0.25) is 0 Å². The van der Waals surface area contributed by atoms with Gasteiger partial charge in [0.1, 0.15) is 17.5 Å². The number of nitrogen functional groups attached to an aromatic ring is 1. The molecule has 0 aliphatic rings. The van der Waals surface area contributed by atoms with Gasteiger partial charge in [-0.25, -0.2) is 8.78 Å². The highest BCUT2D eigenvalue weighted by Gasteiger charge is 2.28. The largest absolute Gasteiger partial charge is 0.481 e. The first-order valence-corrected chi connectivity index (χ1v) is 11.4. The Hall–Kier alpha value is -4.15. The van der Waals surface area contributed by atoms with Crippen LogP contribution < -0.4 is 16.8 Å². The van der Waals surface area contributed by atoms with Crippen LogP contribution in [0.3, 0.4) is 0 Å². The number of hydrogen-bond donors (Lipinski definition) is 5. The molecule has 0 heterocycles. The van der Waals surface area contributed by atoms with Crippen LogP contribution in [0.15, 0.2) is 60.7 Å². The molecule has 0 radical (unpaired) electrons. The quantitative estimate of drug-likeness (QED) is 0.217. The number of benzene rings is 3. The zero-order chi connectivity index (χ0) is 27.5. The molecule has 1 unspecified atom stereocenters. The van der Waals surface area contributed by atoms with Crippen molar-refractivity contribution in [3.63, 3.8) is 0 Å². The summed E-state index contributed by atoms with van der Waals surface area (Å²) >= 11 is 0. The molecule has 0 aliphatic heterocycles. The van der Waals surface area contributed by atoms with Gasteiger partial charge in [0, 0.05) is 32.2 Å². The van der Waals surface area contributed by atoms with E-state index < -0.39 is 35.2 Å². The molecule has 1 amide bonds. The Kier molecular flexibility index (Phi) is 10.9. The van der Waals surface area contributed by atoms with Gasteiger partial charge >= 0.3 is 0 Å². The van der Waals surface area contributed by atoms with Crippen LogP contribution in [0.1, 0.15) is 42.2 Å². The molecule has 0 aliphatic carbocycles. The number of halogens is 2. The number of aliphatic carboxylic acids is 1. The molecule has 0 bridgehead atoms. The number of nitrogens with one attached hydrogen (secondary N) is 2. The monoisotopic (exact) mass is 512 g/mol. The molecule has 7 N–H and O–H groups in total. The summed E-state index contributed by atoms with van der Waals surface area (Å²) < 4.78 is 35.6. The van der Waals surface area contributed by atoms with Crippen molar-refractivity contribution in [1.82, 2.24) is 5.32 Å². The lowest BCUT2D eigenvalue weighted by molar-refractivity contribution is -0.134. The molecule has 0 fully saturated rings. The normalized spacial score (nSPS) is 11.2. The molecule has 1 atom stereocenters. The number of hydrogen-bond acceptors (Lipinski definition) is 5. The number of carboxylic acids is 1.